The van der Waals surface area contributed by atoms with E-state index >= 15 is 0 Å². The van der Waals surface area contributed by atoms with Gasteiger partial charge in [-0.25, -0.2) is 4.68 Å². The fraction of sp³-hybridized carbons (Fsp3) is 0.310. The highest BCUT2D eigenvalue weighted by molar-refractivity contribution is 7.10. The van der Waals surface area contributed by atoms with Gasteiger partial charge in [-0.3, -0.25) is 9.69 Å². The van der Waals surface area contributed by atoms with E-state index in [9.17, 15) is 18.0 Å². The van der Waals surface area contributed by atoms with Crippen molar-refractivity contribution in [2.24, 2.45) is 0 Å². The molecule has 4 heterocycles. The molecule has 1 N–H and O–H groups in total. The van der Waals surface area contributed by atoms with E-state index in [1.165, 1.54) is 11.3 Å². The zero-order chi connectivity index (χ0) is 27.9. The predicted molar refractivity (Wildman–Crippen MR) is 150 cm³/mol. The fourth-order valence-corrected chi connectivity index (χ4v) is 6.67. The van der Waals surface area contributed by atoms with Crippen LogP contribution in [0, 0.1) is 0 Å². The molecule has 40 heavy (non-hydrogen) atoms. The molecular weight excluding hydrogens is 559 g/mol. The van der Waals surface area contributed by atoms with Crippen LogP contribution in [0.4, 0.5) is 19.0 Å². The van der Waals surface area contributed by atoms with Gasteiger partial charge in [0, 0.05) is 37.5 Å². The van der Waals surface area contributed by atoms with E-state index < -0.39 is 24.2 Å². The lowest BCUT2D eigenvalue weighted by Gasteiger charge is -2.39. The molecule has 0 saturated carbocycles. The first-order valence-corrected chi connectivity index (χ1v) is 14.3. The van der Waals surface area contributed by atoms with Crippen LogP contribution in [-0.4, -0.2) is 57.8 Å². The Bertz CT molecular complexity index is 1410. The molecule has 1 fully saturated rings. The Morgan fingerprint density at radius 3 is 2.12 bits per heavy atom. The van der Waals surface area contributed by atoms with Crippen LogP contribution in [0.15, 0.2) is 78.2 Å². The Kier molecular flexibility index (Phi) is 7.33. The molecule has 6 rings (SSSR count). The van der Waals surface area contributed by atoms with Gasteiger partial charge in [0.1, 0.15) is 10.8 Å². The van der Waals surface area contributed by atoms with Gasteiger partial charge in [0.2, 0.25) is 0 Å². The largest absolute Gasteiger partial charge is 0.410 e. The lowest BCUT2D eigenvalue weighted by molar-refractivity contribution is -0.173. The second-order valence-corrected chi connectivity index (χ2v) is 11.4. The molecule has 0 radical (unpaired) electrons. The molecule has 0 aliphatic carbocycles. The molecule has 6 nitrogen and oxygen atoms in total. The van der Waals surface area contributed by atoms with Crippen LogP contribution in [0.3, 0.4) is 0 Å². The monoisotopic (exact) mass is 585 g/mol. The van der Waals surface area contributed by atoms with Crippen molar-refractivity contribution < 1.29 is 18.0 Å². The molecular formula is C29H27ClF3N5OS. The Balaban J connectivity index is 1.23. The number of carbonyl (C=O) groups excluding carboxylic acids is 1. The molecule has 1 saturated heterocycles. The number of thiophene rings is 1. The number of benzene rings is 2. The Morgan fingerprint density at radius 2 is 1.57 bits per heavy atom. The van der Waals surface area contributed by atoms with E-state index in [1.54, 1.807) is 17.0 Å². The van der Waals surface area contributed by atoms with Gasteiger partial charge in [-0.15, -0.1) is 11.3 Å². The summed E-state index contributed by atoms with van der Waals surface area (Å²) in [6.07, 6.45) is -4.78. The van der Waals surface area contributed by atoms with Crippen molar-refractivity contribution in [3.8, 4) is 0 Å². The number of nitrogens with zero attached hydrogens (tertiary/aromatic N) is 4. The maximum atomic E-state index is 14.1. The molecule has 4 aromatic rings. The lowest BCUT2D eigenvalue weighted by atomic mass is 9.96. The molecule has 2 aromatic heterocycles. The number of halogens is 4. The topological polar surface area (TPSA) is 53.4 Å². The summed E-state index contributed by atoms with van der Waals surface area (Å²) in [5, 5.41) is 8.99. The Hall–Kier alpha value is -3.34. The van der Waals surface area contributed by atoms with Gasteiger partial charge in [-0.2, -0.15) is 18.3 Å². The summed E-state index contributed by atoms with van der Waals surface area (Å²) in [7, 11) is 0. The fourth-order valence-electron chi connectivity index (χ4n) is 5.62. The number of fused-ring (bicyclic) bond motifs is 1. The average Bonchev–Trinajstić information content (AvgIpc) is 3.62. The van der Waals surface area contributed by atoms with Crippen molar-refractivity contribution >= 4 is 34.7 Å². The summed E-state index contributed by atoms with van der Waals surface area (Å²) in [5.74, 6) is -0.429. The van der Waals surface area contributed by atoms with Crippen LogP contribution in [-0.2, 0) is 0 Å². The zero-order valence-electron chi connectivity index (χ0n) is 21.4. The SMILES string of the molecule is O=C(c1nn2c(c1Cl)N[C@@H](c1cccs1)C[C@@H]2C(F)(F)F)N1CCN(C(c2ccccc2)c2ccccc2)CC1. The van der Waals surface area contributed by atoms with Crippen LogP contribution in [0.1, 0.15) is 51.0 Å². The molecule has 11 heteroatoms. The van der Waals surface area contributed by atoms with E-state index in [4.69, 9.17) is 11.6 Å². The lowest BCUT2D eigenvalue weighted by Crippen LogP contribution is -2.50. The van der Waals surface area contributed by atoms with Gasteiger partial charge in [0.25, 0.3) is 5.91 Å². The van der Waals surface area contributed by atoms with E-state index in [-0.39, 0.29) is 29.0 Å². The van der Waals surface area contributed by atoms with Gasteiger partial charge < -0.3 is 10.2 Å². The highest BCUT2D eigenvalue weighted by Crippen LogP contribution is 2.47. The normalized spacial score (nSPS) is 19.9. The minimum Gasteiger partial charge on any atom is -0.361 e. The molecule has 2 aliphatic rings. The van der Waals surface area contributed by atoms with Crippen LogP contribution in [0.25, 0.3) is 0 Å². The summed E-state index contributed by atoms with van der Waals surface area (Å²) in [6.45, 7) is 1.99. The summed E-state index contributed by atoms with van der Waals surface area (Å²) in [4.78, 5) is 18.3. The Labute approximate surface area is 239 Å². The van der Waals surface area contributed by atoms with Crippen molar-refractivity contribution in [1.82, 2.24) is 19.6 Å². The number of aromatic nitrogens is 2. The predicted octanol–water partition coefficient (Wildman–Crippen LogP) is 6.81. The van der Waals surface area contributed by atoms with Gasteiger partial charge in [-0.05, 0) is 22.6 Å². The van der Waals surface area contributed by atoms with Crippen LogP contribution in [0.2, 0.25) is 5.02 Å². The van der Waals surface area contributed by atoms with E-state index in [0.717, 1.165) is 20.7 Å². The van der Waals surface area contributed by atoms with Crippen molar-refractivity contribution in [1.29, 1.82) is 0 Å². The number of piperazine rings is 1. The number of rotatable bonds is 5. The van der Waals surface area contributed by atoms with Gasteiger partial charge in [-0.1, -0.05) is 78.3 Å². The number of carbonyl (C=O) groups is 1. The maximum Gasteiger partial charge on any atom is 0.410 e. The molecule has 0 spiro atoms. The van der Waals surface area contributed by atoms with Gasteiger partial charge >= 0.3 is 6.18 Å². The third-order valence-corrected chi connectivity index (χ3v) is 8.93. The second-order valence-electron chi connectivity index (χ2n) is 10.0. The minimum atomic E-state index is -4.54. The third kappa shape index (κ3) is 5.11. The summed E-state index contributed by atoms with van der Waals surface area (Å²) < 4.78 is 43.1. The highest BCUT2D eigenvalue weighted by Gasteiger charge is 2.48. The molecule has 2 aromatic carbocycles. The number of anilines is 1. The number of amides is 1. The van der Waals surface area contributed by atoms with Crippen LogP contribution >= 0.6 is 22.9 Å². The first-order chi connectivity index (χ1) is 19.3. The summed E-state index contributed by atoms with van der Waals surface area (Å²) in [5.41, 5.74) is 2.16. The average molecular weight is 586 g/mol. The number of alkyl halides is 3. The molecule has 1 amide bonds. The third-order valence-electron chi connectivity index (χ3n) is 7.58. The van der Waals surface area contributed by atoms with Gasteiger partial charge in [0.15, 0.2) is 11.7 Å². The molecule has 0 unspecified atom stereocenters. The van der Waals surface area contributed by atoms with Crippen molar-refractivity contribution in [2.75, 3.05) is 31.5 Å². The molecule has 208 valence electrons. The Morgan fingerprint density at radius 1 is 0.950 bits per heavy atom. The zero-order valence-corrected chi connectivity index (χ0v) is 23.0. The van der Waals surface area contributed by atoms with Crippen molar-refractivity contribution in [3.05, 3.63) is 105 Å². The van der Waals surface area contributed by atoms with Crippen LogP contribution in [0.5, 0.6) is 0 Å². The smallest absolute Gasteiger partial charge is 0.361 e. The van der Waals surface area contributed by atoms with E-state index in [0.29, 0.717) is 26.2 Å². The van der Waals surface area contributed by atoms with E-state index in [1.807, 2.05) is 41.8 Å². The van der Waals surface area contributed by atoms with Crippen LogP contribution < -0.4 is 5.32 Å². The quantitative estimate of drug-likeness (QED) is 0.280. The van der Waals surface area contributed by atoms with Crippen molar-refractivity contribution in [2.45, 2.75) is 30.7 Å². The molecule has 2 atom stereocenters. The van der Waals surface area contributed by atoms with Gasteiger partial charge in [0.05, 0.1) is 12.1 Å². The summed E-state index contributed by atoms with van der Waals surface area (Å²) in [6, 6.07) is 21.5. The number of hydrogen-bond donors (Lipinski definition) is 1. The second kappa shape index (κ2) is 10.9. The first-order valence-electron chi connectivity index (χ1n) is 13.1. The van der Waals surface area contributed by atoms with Crippen molar-refractivity contribution in [3.63, 3.8) is 0 Å². The number of hydrogen-bond acceptors (Lipinski definition) is 5. The number of nitrogens with one attached hydrogen (secondary N) is 1. The maximum absolute atomic E-state index is 14.1. The highest BCUT2D eigenvalue weighted by atomic mass is 35.5. The minimum absolute atomic E-state index is 0.0223. The molecule has 0 bridgehead atoms. The summed E-state index contributed by atoms with van der Waals surface area (Å²) >= 11 is 7.95. The standard InChI is InChI=1S/C29H27ClF3N5OS/c30-24-25(35-38-23(29(31,32)33)18-21(34-27(24)38)22-12-7-17-40-22)28(39)37-15-13-36(14-16-37)26(19-8-3-1-4-9-19)20-10-5-2-6-11-20/h1-12,17,21,23,26,34H,13-16,18H2/t21-,23-/m1/s1. The molecule has 2 aliphatic heterocycles. The first kappa shape index (κ1) is 26.9. The van der Waals surface area contributed by atoms with E-state index in [2.05, 4.69) is 39.6 Å².